The molecule has 0 aliphatic carbocycles. The van der Waals surface area contributed by atoms with Gasteiger partial charge in [0.15, 0.2) is 0 Å². The maximum absolute atomic E-state index is 6.43. The van der Waals surface area contributed by atoms with E-state index in [4.69, 9.17) is 11.6 Å². The van der Waals surface area contributed by atoms with Crippen molar-refractivity contribution < 1.29 is 0 Å². The maximum atomic E-state index is 6.43. The molecule has 0 spiro atoms. The van der Waals surface area contributed by atoms with Crippen LogP contribution in [0, 0.1) is 0 Å². The predicted octanol–water partition coefficient (Wildman–Crippen LogP) is 9.92. The lowest BCUT2D eigenvalue weighted by Gasteiger charge is -2.14. The summed E-state index contributed by atoms with van der Waals surface area (Å²) in [6, 6.07) is 47.3. The molecule has 7 rings (SSSR count). The number of rotatable bonds is 3. The number of hydrogen-bond donors (Lipinski definition) is 0. The first kappa shape index (κ1) is 21.0. The number of fused-ring (bicyclic) bond motifs is 5. The Balaban J connectivity index is 1.63. The molecule has 0 N–H and O–H groups in total. The number of aromatic nitrogens is 1. The summed E-state index contributed by atoms with van der Waals surface area (Å²) in [5.41, 5.74) is 8.35. The average molecular weight is 480 g/mol. The van der Waals surface area contributed by atoms with Crippen LogP contribution in [-0.4, -0.2) is 4.57 Å². The lowest BCUT2D eigenvalue weighted by Crippen LogP contribution is -1.93. The zero-order chi connectivity index (χ0) is 24.1. The van der Waals surface area contributed by atoms with Crippen molar-refractivity contribution in [2.24, 2.45) is 0 Å². The van der Waals surface area contributed by atoms with Crippen LogP contribution in [0.2, 0.25) is 5.02 Å². The summed E-state index contributed by atoms with van der Waals surface area (Å²) >= 11 is 6.43. The van der Waals surface area contributed by atoms with Gasteiger partial charge >= 0.3 is 0 Å². The Morgan fingerprint density at radius 3 is 2.06 bits per heavy atom. The first-order valence-electron chi connectivity index (χ1n) is 12.2. The summed E-state index contributed by atoms with van der Waals surface area (Å²) in [5, 5.41) is 5.74. The van der Waals surface area contributed by atoms with Crippen molar-refractivity contribution >= 4 is 44.2 Å². The van der Waals surface area contributed by atoms with E-state index < -0.39 is 0 Å². The fourth-order valence-corrected chi connectivity index (χ4v) is 5.73. The van der Waals surface area contributed by atoms with Gasteiger partial charge in [-0.05, 0) is 63.4 Å². The molecule has 0 saturated heterocycles. The van der Waals surface area contributed by atoms with E-state index in [-0.39, 0.29) is 0 Å². The summed E-state index contributed by atoms with van der Waals surface area (Å²) in [6.07, 6.45) is 0. The molecule has 0 saturated carbocycles. The zero-order valence-electron chi connectivity index (χ0n) is 19.5. The van der Waals surface area contributed by atoms with Crippen molar-refractivity contribution in [1.82, 2.24) is 4.57 Å². The van der Waals surface area contributed by atoms with E-state index in [1.165, 1.54) is 54.8 Å². The summed E-state index contributed by atoms with van der Waals surface area (Å²) < 4.78 is 2.33. The van der Waals surface area contributed by atoms with Crippen LogP contribution in [0.3, 0.4) is 0 Å². The van der Waals surface area contributed by atoms with Gasteiger partial charge < -0.3 is 4.57 Å². The SMILES string of the molecule is Clc1cccc(-n2c3ccccc3c3c4c(-c5ccccc5-c5ccccc5)cccc4ccc32)c1. The molecule has 1 heterocycles. The van der Waals surface area contributed by atoms with Gasteiger partial charge in [-0.3, -0.25) is 0 Å². The minimum absolute atomic E-state index is 0.733. The number of hydrogen-bond acceptors (Lipinski definition) is 0. The highest BCUT2D eigenvalue weighted by Crippen LogP contribution is 2.43. The van der Waals surface area contributed by atoms with Gasteiger partial charge in [0.2, 0.25) is 0 Å². The normalized spacial score (nSPS) is 11.5. The van der Waals surface area contributed by atoms with E-state index in [2.05, 4.69) is 120 Å². The van der Waals surface area contributed by atoms with Gasteiger partial charge in [-0.2, -0.15) is 0 Å². The molecule has 1 nitrogen and oxygen atoms in total. The Kier molecular flexibility index (Phi) is 4.90. The summed E-state index contributed by atoms with van der Waals surface area (Å²) in [6.45, 7) is 0. The van der Waals surface area contributed by atoms with Crippen LogP contribution in [-0.2, 0) is 0 Å². The lowest BCUT2D eigenvalue weighted by atomic mass is 9.90. The van der Waals surface area contributed by atoms with E-state index >= 15 is 0 Å². The van der Waals surface area contributed by atoms with Gasteiger partial charge in [0.1, 0.15) is 0 Å². The highest BCUT2D eigenvalue weighted by molar-refractivity contribution is 6.31. The molecule has 0 aliphatic rings. The van der Waals surface area contributed by atoms with E-state index in [1.807, 2.05) is 18.2 Å². The standard InChI is InChI=1S/C34H22ClN/c35-25-13-9-14-26(22-25)36-31-19-7-6-17-30(31)34-32(36)21-20-24-12-8-18-29(33(24)34)28-16-5-4-15-27(28)23-10-2-1-3-11-23/h1-22H. The monoisotopic (exact) mass is 479 g/mol. The molecule has 0 amide bonds. The van der Waals surface area contributed by atoms with Gasteiger partial charge in [0, 0.05) is 21.5 Å². The van der Waals surface area contributed by atoms with Crippen molar-refractivity contribution in [1.29, 1.82) is 0 Å². The van der Waals surface area contributed by atoms with Crippen LogP contribution in [0.15, 0.2) is 133 Å². The minimum atomic E-state index is 0.733. The van der Waals surface area contributed by atoms with Gasteiger partial charge in [-0.1, -0.05) is 115 Å². The summed E-state index contributed by atoms with van der Waals surface area (Å²) in [5.74, 6) is 0. The first-order valence-corrected chi connectivity index (χ1v) is 12.5. The van der Waals surface area contributed by atoms with Crippen molar-refractivity contribution in [3.63, 3.8) is 0 Å². The minimum Gasteiger partial charge on any atom is -0.309 e. The van der Waals surface area contributed by atoms with Crippen molar-refractivity contribution in [2.45, 2.75) is 0 Å². The van der Waals surface area contributed by atoms with Crippen LogP contribution in [0.1, 0.15) is 0 Å². The molecular formula is C34H22ClN. The van der Waals surface area contributed by atoms with Gasteiger partial charge in [-0.25, -0.2) is 0 Å². The maximum Gasteiger partial charge on any atom is 0.0547 e. The Bertz CT molecular complexity index is 1900. The van der Waals surface area contributed by atoms with Crippen molar-refractivity contribution in [2.75, 3.05) is 0 Å². The van der Waals surface area contributed by atoms with Crippen molar-refractivity contribution in [3.05, 3.63) is 138 Å². The van der Waals surface area contributed by atoms with E-state index in [9.17, 15) is 0 Å². The fraction of sp³-hybridized carbons (Fsp3) is 0. The van der Waals surface area contributed by atoms with E-state index in [0.29, 0.717) is 0 Å². The molecule has 1 aromatic heterocycles. The highest BCUT2D eigenvalue weighted by atomic mass is 35.5. The molecular weight excluding hydrogens is 458 g/mol. The van der Waals surface area contributed by atoms with Crippen LogP contribution in [0.25, 0.3) is 60.5 Å². The third-order valence-electron chi connectivity index (χ3n) is 7.05. The summed E-state index contributed by atoms with van der Waals surface area (Å²) in [7, 11) is 0. The Labute approximate surface area is 214 Å². The van der Waals surface area contributed by atoms with E-state index in [1.54, 1.807) is 0 Å². The Hall–Kier alpha value is -4.33. The second kappa shape index (κ2) is 8.41. The Morgan fingerprint density at radius 2 is 1.19 bits per heavy atom. The molecule has 170 valence electrons. The van der Waals surface area contributed by atoms with E-state index in [0.717, 1.165) is 10.7 Å². The molecule has 0 fully saturated rings. The van der Waals surface area contributed by atoms with Crippen LogP contribution in [0.5, 0.6) is 0 Å². The predicted molar refractivity (Wildman–Crippen MR) is 154 cm³/mol. The second-order valence-corrected chi connectivity index (χ2v) is 9.54. The molecule has 0 atom stereocenters. The third kappa shape index (κ3) is 3.25. The molecule has 6 aromatic carbocycles. The molecule has 7 aromatic rings. The molecule has 0 radical (unpaired) electrons. The van der Waals surface area contributed by atoms with Gasteiger partial charge in [0.05, 0.1) is 11.0 Å². The first-order chi connectivity index (χ1) is 17.8. The Morgan fingerprint density at radius 1 is 0.472 bits per heavy atom. The van der Waals surface area contributed by atoms with Crippen LogP contribution < -0.4 is 0 Å². The van der Waals surface area contributed by atoms with Crippen LogP contribution >= 0.6 is 11.6 Å². The smallest absolute Gasteiger partial charge is 0.0547 e. The lowest BCUT2D eigenvalue weighted by molar-refractivity contribution is 1.18. The number of halogens is 1. The van der Waals surface area contributed by atoms with Crippen molar-refractivity contribution in [3.8, 4) is 27.9 Å². The van der Waals surface area contributed by atoms with Gasteiger partial charge in [0.25, 0.3) is 0 Å². The quantitative estimate of drug-likeness (QED) is 0.237. The fourth-order valence-electron chi connectivity index (χ4n) is 5.54. The molecule has 0 unspecified atom stereocenters. The molecule has 0 bridgehead atoms. The molecule has 2 heteroatoms. The number of nitrogens with zero attached hydrogens (tertiary/aromatic N) is 1. The van der Waals surface area contributed by atoms with Gasteiger partial charge in [-0.15, -0.1) is 0 Å². The largest absolute Gasteiger partial charge is 0.309 e. The topological polar surface area (TPSA) is 4.93 Å². The second-order valence-electron chi connectivity index (χ2n) is 9.11. The highest BCUT2D eigenvalue weighted by Gasteiger charge is 2.18. The third-order valence-corrected chi connectivity index (χ3v) is 7.28. The number of para-hydroxylation sites is 1. The zero-order valence-corrected chi connectivity index (χ0v) is 20.3. The summed E-state index contributed by atoms with van der Waals surface area (Å²) in [4.78, 5) is 0. The molecule has 0 aliphatic heterocycles. The average Bonchev–Trinajstić information content (AvgIpc) is 3.28. The van der Waals surface area contributed by atoms with Crippen LogP contribution in [0.4, 0.5) is 0 Å². The molecule has 36 heavy (non-hydrogen) atoms. The number of benzene rings is 6.